The van der Waals surface area contributed by atoms with Crippen LogP contribution in [0, 0.1) is 20.8 Å². The second-order valence-corrected chi connectivity index (χ2v) is 10.5. The lowest BCUT2D eigenvalue weighted by Gasteiger charge is -2.43. The van der Waals surface area contributed by atoms with Gasteiger partial charge in [-0.1, -0.05) is 11.6 Å². The fourth-order valence-corrected chi connectivity index (χ4v) is 5.16. The Balaban J connectivity index is 1.52. The second-order valence-electron chi connectivity index (χ2n) is 10.1. The fraction of sp³-hybridized carbons (Fsp3) is 0.615. The normalized spacial score (nSPS) is 21.9. The smallest absolute Gasteiger partial charge is 0.225 e. The zero-order valence-electron chi connectivity index (χ0n) is 21.2. The Morgan fingerprint density at radius 2 is 1.91 bits per heavy atom. The number of rotatable bonds is 7. The average Bonchev–Trinajstić information content (AvgIpc) is 3.13. The zero-order valence-corrected chi connectivity index (χ0v) is 22.0. The lowest BCUT2D eigenvalue weighted by atomic mass is 9.95. The second kappa shape index (κ2) is 10.9. The highest BCUT2D eigenvalue weighted by molar-refractivity contribution is 6.32. The number of hydrogen-bond acceptors (Lipinski definition) is 6. The number of hydrogen-bond donors (Lipinski definition) is 1. The molecule has 0 saturated carbocycles. The molecule has 0 spiro atoms. The Bertz CT molecular complexity index is 1030. The quantitative estimate of drug-likeness (QED) is 0.624. The SMILES string of the molecule is Cc1cc(OC[C@@]2(CC(=O)N3CCC(O)CC3)CN(Cc3cn(C)nc3C)CCO2)cc(C)c1Cl. The molecular weight excluding hydrogens is 468 g/mol. The summed E-state index contributed by atoms with van der Waals surface area (Å²) in [7, 11) is 1.93. The number of halogens is 1. The molecule has 8 nitrogen and oxygen atoms in total. The molecule has 2 aliphatic heterocycles. The van der Waals surface area contributed by atoms with Gasteiger partial charge in [-0.2, -0.15) is 5.10 Å². The molecule has 1 atom stereocenters. The summed E-state index contributed by atoms with van der Waals surface area (Å²) >= 11 is 6.34. The number of aliphatic hydroxyl groups excluding tert-OH is 1. The van der Waals surface area contributed by atoms with Crippen LogP contribution in [0.4, 0.5) is 0 Å². The third-order valence-corrected chi connectivity index (χ3v) is 7.64. The summed E-state index contributed by atoms with van der Waals surface area (Å²) in [6.45, 7) is 9.97. The standard InChI is InChI=1S/C26H37ClN4O4/c1-18-11-23(12-19(2)25(18)27)34-17-26(13-24(33)31-7-5-22(32)6-8-31)16-30(9-10-35-26)15-21-14-29(4)28-20(21)3/h11-12,14,22,32H,5-10,13,15-17H2,1-4H3/t26-/m1/s1. The predicted molar refractivity (Wildman–Crippen MR) is 135 cm³/mol. The van der Waals surface area contributed by atoms with Gasteiger partial charge in [-0.25, -0.2) is 0 Å². The first kappa shape index (κ1) is 25.9. The zero-order chi connectivity index (χ0) is 25.2. The van der Waals surface area contributed by atoms with E-state index in [4.69, 9.17) is 21.1 Å². The number of nitrogens with zero attached hydrogens (tertiary/aromatic N) is 4. The van der Waals surface area contributed by atoms with E-state index < -0.39 is 5.60 Å². The Kier molecular flexibility index (Phi) is 8.06. The van der Waals surface area contributed by atoms with Crippen molar-refractivity contribution >= 4 is 17.5 Å². The van der Waals surface area contributed by atoms with Gasteiger partial charge in [0.05, 0.1) is 24.8 Å². The van der Waals surface area contributed by atoms with Crippen LogP contribution in [0.3, 0.4) is 0 Å². The van der Waals surface area contributed by atoms with Crippen LogP contribution in [0.25, 0.3) is 0 Å². The monoisotopic (exact) mass is 504 g/mol. The van der Waals surface area contributed by atoms with Crippen LogP contribution < -0.4 is 4.74 Å². The lowest BCUT2D eigenvalue weighted by molar-refractivity contribution is -0.158. The van der Waals surface area contributed by atoms with E-state index in [1.807, 2.05) is 55.7 Å². The Hall–Kier alpha value is -2.13. The number of aromatic nitrogens is 2. The molecule has 192 valence electrons. The van der Waals surface area contributed by atoms with Gasteiger partial charge in [0.25, 0.3) is 0 Å². The summed E-state index contributed by atoms with van der Waals surface area (Å²) in [5, 5.41) is 15.1. The highest BCUT2D eigenvalue weighted by atomic mass is 35.5. The van der Waals surface area contributed by atoms with E-state index in [9.17, 15) is 9.90 Å². The number of likely N-dealkylation sites (tertiary alicyclic amines) is 1. The highest BCUT2D eigenvalue weighted by Gasteiger charge is 2.41. The van der Waals surface area contributed by atoms with Gasteiger partial charge in [-0.15, -0.1) is 0 Å². The molecule has 4 rings (SSSR count). The molecule has 0 radical (unpaired) electrons. The van der Waals surface area contributed by atoms with Crippen molar-refractivity contribution in [1.82, 2.24) is 19.6 Å². The van der Waals surface area contributed by atoms with Crippen molar-refractivity contribution in [2.45, 2.75) is 58.3 Å². The summed E-state index contributed by atoms with van der Waals surface area (Å²) in [6, 6.07) is 3.85. The van der Waals surface area contributed by atoms with Crippen molar-refractivity contribution in [3.63, 3.8) is 0 Å². The maximum atomic E-state index is 13.3. The third kappa shape index (κ3) is 6.36. The summed E-state index contributed by atoms with van der Waals surface area (Å²) in [4.78, 5) is 17.5. The molecule has 1 amide bonds. The number of aliphatic hydroxyl groups is 1. The lowest BCUT2D eigenvalue weighted by Crippen LogP contribution is -2.57. The van der Waals surface area contributed by atoms with Gasteiger partial charge in [-0.05, 0) is 56.9 Å². The highest BCUT2D eigenvalue weighted by Crippen LogP contribution is 2.30. The Morgan fingerprint density at radius 1 is 1.23 bits per heavy atom. The van der Waals surface area contributed by atoms with E-state index in [1.54, 1.807) is 0 Å². The number of amides is 1. The van der Waals surface area contributed by atoms with Gasteiger partial charge in [0.1, 0.15) is 18.0 Å². The number of carbonyl (C=O) groups excluding carboxylic acids is 1. The summed E-state index contributed by atoms with van der Waals surface area (Å²) in [5.74, 6) is 0.768. The minimum atomic E-state index is -0.775. The van der Waals surface area contributed by atoms with Crippen LogP contribution in [0.2, 0.25) is 5.02 Å². The number of benzene rings is 1. The van der Waals surface area contributed by atoms with Crippen molar-refractivity contribution in [2.24, 2.45) is 7.05 Å². The molecule has 1 aromatic heterocycles. The van der Waals surface area contributed by atoms with Crippen molar-refractivity contribution in [1.29, 1.82) is 0 Å². The first-order valence-electron chi connectivity index (χ1n) is 12.3. The van der Waals surface area contributed by atoms with Crippen LogP contribution >= 0.6 is 11.6 Å². The van der Waals surface area contributed by atoms with Gasteiger partial charge in [0.15, 0.2) is 0 Å². The first-order chi connectivity index (χ1) is 16.6. The summed E-state index contributed by atoms with van der Waals surface area (Å²) in [6.07, 6.45) is 3.19. The van der Waals surface area contributed by atoms with Gasteiger partial charge < -0.3 is 19.5 Å². The Labute approximate surface area is 212 Å². The maximum Gasteiger partial charge on any atom is 0.225 e. The molecule has 35 heavy (non-hydrogen) atoms. The molecule has 2 aliphatic rings. The van der Waals surface area contributed by atoms with Crippen LogP contribution in [-0.2, 0) is 23.1 Å². The topological polar surface area (TPSA) is 80.1 Å². The van der Waals surface area contributed by atoms with Crippen LogP contribution in [0.5, 0.6) is 5.75 Å². The van der Waals surface area contributed by atoms with E-state index in [1.165, 1.54) is 5.56 Å². The molecule has 2 saturated heterocycles. The molecule has 2 fully saturated rings. The van der Waals surface area contributed by atoms with E-state index >= 15 is 0 Å². The van der Waals surface area contributed by atoms with E-state index in [-0.39, 0.29) is 25.0 Å². The van der Waals surface area contributed by atoms with Crippen molar-refractivity contribution in [3.05, 3.63) is 45.7 Å². The molecular formula is C26H37ClN4O4. The van der Waals surface area contributed by atoms with Crippen molar-refractivity contribution in [3.8, 4) is 5.75 Å². The van der Waals surface area contributed by atoms with Crippen LogP contribution in [-0.4, -0.2) is 81.7 Å². The molecule has 2 aromatic rings. The van der Waals surface area contributed by atoms with E-state index in [0.717, 1.165) is 40.7 Å². The molecule has 0 unspecified atom stereocenters. The van der Waals surface area contributed by atoms with Gasteiger partial charge in [0, 0.05) is 56.6 Å². The molecule has 9 heteroatoms. The van der Waals surface area contributed by atoms with Crippen molar-refractivity contribution < 1.29 is 19.4 Å². The molecule has 1 N–H and O–H groups in total. The number of carbonyl (C=O) groups is 1. The maximum absolute atomic E-state index is 13.3. The summed E-state index contributed by atoms with van der Waals surface area (Å²) in [5.41, 5.74) is 3.32. The largest absolute Gasteiger partial charge is 0.490 e. The van der Waals surface area contributed by atoms with Gasteiger partial charge in [-0.3, -0.25) is 14.4 Å². The average molecular weight is 505 g/mol. The molecule has 0 bridgehead atoms. The van der Waals surface area contributed by atoms with Crippen LogP contribution in [0.15, 0.2) is 18.3 Å². The first-order valence-corrected chi connectivity index (χ1v) is 12.7. The van der Waals surface area contributed by atoms with Crippen molar-refractivity contribution in [2.75, 3.05) is 39.4 Å². The van der Waals surface area contributed by atoms with E-state index in [0.29, 0.717) is 39.1 Å². The summed E-state index contributed by atoms with van der Waals surface area (Å²) < 4.78 is 14.4. The number of piperidine rings is 1. The minimum Gasteiger partial charge on any atom is -0.490 e. The third-order valence-electron chi connectivity index (χ3n) is 7.04. The van der Waals surface area contributed by atoms with Gasteiger partial charge in [0.2, 0.25) is 5.91 Å². The van der Waals surface area contributed by atoms with Gasteiger partial charge >= 0.3 is 0 Å². The minimum absolute atomic E-state index is 0.0448. The van der Waals surface area contributed by atoms with E-state index in [2.05, 4.69) is 10.00 Å². The molecule has 0 aliphatic carbocycles. The Morgan fingerprint density at radius 3 is 2.54 bits per heavy atom. The number of aryl methyl sites for hydroxylation is 4. The number of ether oxygens (including phenoxy) is 2. The fourth-order valence-electron chi connectivity index (χ4n) is 5.06. The van der Waals surface area contributed by atoms with Crippen LogP contribution in [0.1, 0.15) is 41.6 Å². The molecule has 3 heterocycles. The predicted octanol–water partition coefficient (Wildman–Crippen LogP) is 3.02. The molecule has 1 aromatic carbocycles. The number of morpholine rings is 1.